The molecule has 2 fully saturated rings. The Morgan fingerprint density at radius 3 is 2.65 bits per heavy atom. The van der Waals surface area contributed by atoms with Gasteiger partial charge in [-0.25, -0.2) is 0 Å². The monoisotopic (exact) mass is 281 g/mol. The Kier molecular flexibility index (Phi) is 5.85. The Bertz CT molecular complexity index is 307. The Balaban J connectivity index is 1.78. The van der Waals surface area contributed by atoms with E-state index in [-0.39, 0.29) is 0 Å². The van der Waals surface area contributed by atoms with Crippen LogP contribution in [0.4, 0.5) is 0 Å². The molecule has 1 N–H and O–H groups in total. The maximum absolute atomic E-state index is 12.5. The standard InChI is InChI=1S/C16H31N3O/c1-13(14-5-4-8-17-12-14)11-16(20)19(3)15-6-9-18(2)10-7-15/h13-15,17H,4-12H2,1-3H3. The normalized spacial score (nSPS) is 27.2. The van der Waals surface area contributed by atoms with Crippen molar-refractivity contribution in [1.82, 2.24) is 15.1 Å². The topological polar surface area (TPSA) is 35.6 Å². The van der Waals surface area contributed by atoms with Gasteiger partial charge in [-0.1, -0.05) is 6.92 Å². The van der Waals surface area contributed by atoms with Crippen molar-refractivity contribution in [3.8, 4) is 0 Å². The number of likely N-dealkylation sites (tertiary alicyclic amines) is 1. The molecule has 0 saturated carbocycles. The van der Waals surface area contributed by atoms with Crippen LogP contribution in [0.1, 0.15) is 39.0 Å². The summed E-state index contributed by atoms with van der Waals surface area (Å²) in [6.07, 6.45) is 5.50. The van der Waals surface area contributed by atoms with Crippen LogP contribution in [0.3, 0.4) is 0 Å². The van der Waals surface area contributed by atoms with Gasteiger partial charge in [0.05, 0.1) is 0 Å². The number of rotatable bonds is 4. The van der Waals surface area contributed by atoms with Crippen LogP contribution in [0.15, 0.2) is 0 Å². The molecule has 0 aliphatic carbocycles. The van der Waals surface area contributed by atoms with Crippen molar-refractivity contribution >= 4 is 5.91 Å². The van der Waals surface area contributed by atoms with E-state index >= 15 is 0 Å². The van der Waals surface area contributed by atoms with Crippen molar-refractivity contribution in [2.75, 3.05) is 40.3 Å². The SMILES string of the molecule is CC(CC(=O)N(C)C1CCN(C)CC1)C1CCCNC1. The first-order valence-electron chi connectivity index (χ1n) is 8.23. The molecular weight excluding hydrogens is 250 g/mol. The van der Waals surface area contributed by atoms with Crippen LogP contribution < -0.4 is 5.32 Å². The van der Waals surface area contributed by atoms with E-state index in [0.29, 0.717) is 23.8 Å². The lowest BCUT2D eigenvalue weighted by Gasteiger charge is -2.36. The van der Waals surface area contributed by atoms with Gasteiger partial charge in [0.1, 0.15) is 0 Å². The second-order valence-electron chi connectivity index (χ2n) is 6.83. The molecule has 0 radical (unpaired) electrons. The predicted octanol–water partition coefficient (Wildman–Crippen LogP) is 1.56. The molecule has 2 saturated heterocycles. The van der Waals surface area contributed by atoms with Gasteiger partial charge in [0.2, 0.25) is 5.91 Å². The summed E-state index contributed by atoms with van der Waals surface area (Å²) in [5.74, 6) is 1.53. The van der Waals surface area contributed by atoms with E-state index in [1.54, 1.807) is 0 Å². The predicted molar refractivity (Wildman–Crippen MR) is 82.7 cm³/mol. The smallest absolute Gasteiger partial charge is 0.222 e. The summed E-state index contributed by atoms with van der Waals surface area (Å²) in [6, 6.07) is 0.454. The molecule has 1 amide bonds. The van der Waals surface area contributed by atoms with E-state index in [1.807, 2.05) is 11.9 Å². The Morgan fingerprint density at radius 1 is 1.35 bits per heavy atom. The second-order valence-corrected chi connectivity index (χ2v) is 6.83. The molecule has 2 atom stereocenters. The fourth-order valence-corrected chi connectivity index (χ4v) is 3.54. The lowest BCUT2D eigenvalue weighted by Crippen LogP contribution is -2.45. The molecule has 116 valence electrons. The molecule has 4 nitrogen and oxygen atoms in total. The minimum Gasteiger partial charge on any atom is -0.343 e. The highest BCUT2D eigenvalue weighted by Gasteiger charge is 2.27. The van der Waals surface area contributed by atoms with E-state index in [0.717, 1.165) is 45.4 Å². The van der Waals surface area contributed by atoms with Crippen molar-refractivity contribution < 1.29 is 4.79 Å². The molecular formula is C16H31N3O. The van der Waals surface area contributed by atoms with Crippen LogP contribution in [0, 0.1) is 11.8 Å². The highest BCUT2D eigenvalue weighted by Crippen LogP contribution is 2.24. The van der Waals surface area contributed by atoms with E-state index in [4.69, 9.17) is 0 Å². The number of hydrogen-bond acceptors (Lipinski definition) is 3. The van der Waals surface area contributed by atoms with E-state index < -0.39 is 0 Å². The minimum atomic E-state index is 0.345. The van der Waals surface area contributed by atoms with Crippen molar-refractivity contribution in [3.05, 3.63) is 0 Å². The summed E-state index contributed by atoms with van der Waals surface area (Å²) in [6.45, 7) is 6.71. The van der Waals surface area contributed by atoms with Gasteiger partial charge in [0.25, 0.3) is 0 Å². The van der Waals surface area contributed by atoms with Crippen LogP contribution in [0.25, 0.3) is 0 Å². The Hall–Kier alpha value is -0.610. The molecule has 0 aromatic heterocycles. The molecule has 2 aliphatic rings. The Labute approximate surface area is 123 Å². The lowest BCUT2D eigenvalue weighted by atomic mass is 9.85. The van der Waals surface area contributed by atoms with Crippen molar-refractivity contribution in [2.45, 2.75) is 45.1 Å². The fourth-order valence-electron chi connectivity index (χ4n) is 3.54. The lowest BCUT2D eigenvalue weighted by molar-refractivity contribution is -0.134. The summed E-state index contributed by atoms with van der Waals surface area (Å²) in [5, 5.41) is 3.46. The molecule has 2 unspecified atom stereocenters. The molecule has 2 rings (SSSR count). The summed E-state index contributed by atoms with van der Waals surface area (Å²) in [4.78, 5) is 16.8. The first-order valence-corrected chi connectivity index (χ1v) is 8.23. The van der Waals surface area contributed by atoms with Gasteiger partial charge in [-0.2, -0.15) is 0 Å². The van der Waals surface area contributed by atoms with Crippen molar-refractivity contribution in [3.63, 3.8) is 0 Å². The van der Waals surface area contributed by atoms with Crippen LogP contribution in [-0.2, 0) is 4.79 Å². The number of carbonyl (C=O) groups is 1. The molecule has 0 aromatic rings. The third-order valence-electron chi connectivity index (χ3n) is 5.27. The summed E-state index contributed by atoms with van der Waals surface area (Å²) < 4.78 is 0. The molecule has 2 heterocycles. The summed E-state index contributed by atoms with van der Waals surface area (Å²) in [7, 11) is 4.17. The van der Waals surface area contributed by atoms with Crippen LogP contribution >= 0.6 is 0 Å². The van der Waals surface area contributed by atoms with E-state index in [1.165, 1.54) is 12.8 Å². The Morgan fingerprint density at radius 2 is 2.05 bits per heavy atom. The molecule has 4 heteroatoms. The van der Waals surface area contributed by atoms with Crippen LogP contribution in [0.5, 0.6) is 0 Å². The number of amides is 1. The zero-order valence-electron chi connectivity index (χ0n) is 13.4. The number of piperidine rings is 2. The molecule has 20 heavy (non-hydrogen) atoms. The van der Waals surface area contributed by atoms with Crippen molar-refractivity contribution in [2.24, 2.45) is 11.8 Å². The number of hydrogen-bond donors (Lipinski definition) is 1. The van der Waals surface area contributed by atoms with Gasteiger partial charge in [0.15, 0.2) is 0 Å². The quantitative estimate of drug-likeness (QED) is 0.849. The van der Waals surface area contributed by atoms with Gasteiger partial charge in [-0.3, -0.25) is 4.79 Å². The number of nitrogens with zero attached hydrogens (tertiary/aromatic N) is 2. The van der Waals surface area contributed by atoms with Crippen molar-refractivity contribution in [1.29, 1.82) is 0 Å². The third-order valence-corrected chi connectivity index (χ3v) is 5.27. The summed E-state index contributed by atoms with van der Waals surface area (Å²) >= 11 is 0. The highest BCUT2D eigenvalue weighted by molar-refractivity contribution is 5.76. The first-order chi connectivity index (χ1) is 9.58. The second kappa shape index (κ2) is 7.41. The molecule has 0 spiro atoms. The van der Waals surface area contributed by atoms with Gasteiger partial charge in [-0.15, -0.1) is 0 Å². The highest BCUT2D eigenvalue weighted by atomic mass is 16.2. The fraction of sp³-hybridized carbons (Fsp3) is 0.938. The van der Waals surface area contributed by atoms with Crippen LogP contribution in [0.2, 0.25) is 0 Å². The van der Waals surface area contributed by atoms with Gasteiger partial charge in [0, 0.05) is 19.5 Å². The minimum absolute atomic E-state index is 0.345. The van der Waals surface area contributed by atoms with Gasteiger partial charge >= 0.3 is 0 Å². The van der Waals surface area contributed by atoms with Gasteiger partial charge < -0.3 is 15.1 Å². The zero-order chi connectivity index (χ0) is 14.5. The number of carbonyl (C=O) groups excluding carboxylic acids is 1. The largest absolute Gasteiger partial charge is 0.343 e. The average Bonchev–Trinajstić information content (AvgIpc) is 2.48. The van der Waals surface area contributed by atoms with E-state index in [9.17, 15) is 4.79 Å². The molecule has 0 aromatic carbocycles. The van der Waals surface area contributed by atoms with Gasteiger partial charge in [-0.05, 0) is 70.7 Å². The molecule has 2 aliphatic heterocycles. The third kappa shape index (κ3) is 4.19. The first kappa shape index (κ1) is 15.8. The number of nitrogens with one attached hydrogen (secondary N) is 1. The van der Waals surface area contributed by atoms with E-state index in [2.05, 4.69) is 24.2 Å². The molecule has 0 bridgehead atoms. The van der Waals surface area contributed by atoms with Crippen LogP contribution in [-0.4, -0.2) is 62.0 Å². The summed E-state index contributed by atoms with van der Waals surface area (Å²) in [5.41, 5.74) is 0. The maximum atomic E-state index is 12.5. The maximum Gasteiger partial charge on any atom is 0.222 e. The average molecular weight is 281 g/mol. The zero-order valence-corrected chi connectivity index (χ0v) is 13.4.